The number of nitrogens with zero attached hydrogens (tertiary/aromatic N) is 1. The molecule has 0 saturated heterocycles. The van der Waals surface area contributed by atoms with Crippen LogP contribution in [-0.2, 0) is 24.3 Å². The third-order valence-electron chi connectivity index (χ3n) is 5.31. The molecule has 0 bridgehead atoms. The normalized spacial score (nSPS) is 14.3. The lowest BCUT2D eigenvalue weighted by molar-refractivity contribution is -0.157. The predicted molar refractivity (Wildman–Crippen MR) is 139 cm³/mol. The first-order chi connectivity index (χ1) is 17.6. The van der Waals surface area contributed by atoms with E-state index in [1.807, 2.05) is 0 Å². The van der Waals surface area contributed by atoms with Crippen LogP contribution in [0.1, 0.15) is 66.8 Å². The Balaban J connectivity index is 1.82. The van der Waals surface area contributed by atoms with Gasteiger partial charge in [0.05, 0.1) is 22.7 Å². The van der Waals surface area contributed by atoms with Crippen LogP contribution in [0.15, 0.2) is 29.2 Å². The topological polar surface area (TPSA) is 126 Å². The number of esters is 2. The zero-order valence-electron chi connectivity index (χ0n) is 21.6. The number of sulfonamides is 1. The minimum atomic E-state index is -4.34. The lowest BCUT2D eigenvalue weighted by atomic mass is 9.96. The Labute approximate surface area is 230 Å². The SMILES string of the molecule is COc1cc(C(C)C)c2c(c1)S(=O)(=O)N(COC(=O)c1c(Cl)ccc(OCC(=O)OC(C)(C)C)c1Cl)C2=O. The van der Waals surface area contributed by atoms with Crippen molar-refractivity contribution in [1.82, 2.24) is 4.31 Å². The summed E-state index contributed by atoms with van der Waals surface area (Å²) in [5.74, 6) is -2.60. The van der Waals surface area contributed by atoms with Gasteiger partial charge >= 0.3 is 11.9 Å². The van der Waals surface area contributed by atoms with E-state index in [1.54, 1.807) is 40.7 Å². The summed E-state index contributed by atoms with van der Waals surface area (Å²) < 4.78 is 47.7. The highest BCUT2D eigenvalue weighted by molar-refractivity contribution is 7.90. The van der Waals surface area contributed by atoms with Crippen molar-refractivity contribution in [3.05, 3.63) is 51.0 Å². The Morgan fingerprint density at radius 2 is 1.76 bits per heavy atom. The Morgan fingerprint density at radius 1 is 1.11 bits per heavy atom. The van der Waals surface area contributed by atoms with E-state index in [0.717, 1.165) is 0 Å². The predicted octanol–water partition coefficient (Wildman–Crippen LogP) is 4.80. The molecule has 0 atom stereocenters. The summed E-state index contributed by atoms with van der Waals surface area (Å²) in [6, 6.07) is 5.48. The quantitative estimate of drug-likeness (QED) is 0.400. The van der Waals surface area contributed by atoms with Gasteiger partial charge in [-0.25, -0.2) is 18.0 Å². The van der Waals surface area contributed by atoms with Gasteiger partial charge in [-0.05, 0) is 50.5 Å². The number of fused-ring (bicyclic) bond motifs is 1. The molecule has 3 rings (SSSR count). The maximum Gasteiger partial charge on any atom is 0.344 e. The van der Waals surface area contributed by atoms with Crippen molar-refractivity contribution >= 4 is 51.1 Å². The van der Waals surface area contributed by atoms with Crippen LogP contribution in [0, 0.1) is 0 Å². The van der Waals surface area contributed by atoms with Crippen LogP contribution >= 0.6 is 23.2 Å². The molecule has 1 aliphatic rings. The van der Waals surface area contributed by atoms with Crippen LogP contribution < -0.4 is 9.47 Å². The van der Waals surface area contributed by atoms with E-state index in [9.17, 15) is 22.8 Å². The highest BCUT2D eigenvalue weighted by atomic mass is 35.5. The van der Waals surface area contributed by atoms with Crippen molar-refractivity contribution < 1.29 is 41.7 Å². The lowest BCUT2D eigenvalue weighted by Crippen LogP contribution is -2.33. The smallest absolute Gasteiger partial charge is 0.344 e. The number of halogens is 2. The number of amides is 1. The zero-order valence-corrected chi connectivity index (χ0v) is 23.9. The molecule has 0 spiro atoms. The average molecular weight is 588 g/mol. The van der Waals surface area contributed by atoms with Gasteiger partial charge in [-0.1, -0.05) is 37.0 Å². The molecule has 1 aliphatic heterocycles. The summed E-state index contributed by atoms with van der Waals surface area (Å²) in [5.41, 5.74) is -0.595. The highest BCUT2D eigenvalue weighted by Crippen LogP contribution is 2.39. The molecule has 0 aliphatic carbocycles. The van der Waals surface area contributed by atoms with Crippen molar-refractivity contribution in [2.75, 3.05) is 20.4 Å². The van der Waals surface area contributed by atoms with E-state index in [0.29, 0.717) is 9.87 Å². The molecule has 13 heteroatoms. The van der Waals surface area contributed by atoms with Gasteiger partial charge in [0.25, 0.3) is 15.9 Å². The maximum absolute atomic E-state index is 13.2. The first kappa shape index (κ1) is 29.5. The molecule has 38 heavy (non-hydrogen) atoms. The minimum absolute atomic E-state index is 0.00884. The molecule has 0 saturated carbocycles. The second-order valence-corrected chi connectivity index (χ2v) is 12.2. The number of carbonyl (C=O) groups is 3. The van der Waals surface area contributed by atoms with Gasteiger partial charge in [0.2, 0.25) is 0 Å². The highest BCUT2D eigenvalue weighted by Gasteiger charge is 2.44. The van der Waals surface area contributed by atoms with Gasteiger partial charge in [0, 0.05) is 6.07 Å². The van der Waals surface area contributed by atoms with Crippen molar-refractivity contribution in [2.24, 2.45) is 0 Å². The molecule has 0 fully saturated rings. The molecule has 10 nitrogen and oxygen atoms in total. The molecule has 2 aromatic rings. The van der Waals surface area contributed by atoms with Crippen LogP contribution in [0.2, 0.25) is 10.0 Å². The number of benzene rings is 2. The van der Waals surface area contributed by atoms with Crippen LogP contribution in [0.25, 0.3) is 0 Å². The van der Waals surface area contributed by atoms with E-state index < -0.39 is 46.8 Å². The van der Waals surface area contributed by atoms with Crippen molar-refractivity contribution in [2.45, 2.75) is 51.0 Å². The van der Waals surface area contributed by atoms with Gasteiger partial charge in [-0.15, -0.1) is 0 Å². The molecular formula is C25H27Cl2NO9S. The number of rotatable bonds is 8. The molecule has 1 amide bonds. The van der Waals surface area contributed by atoms with Gasteiger partial charge in [-0.3, -0.25) is 4.79 Å². The monoisotopic (exact) mass is 587 g/mol. The van der Waals surface area contributed by atoms with E-state index in [2.05, 4.69) is 0 Å². The Morgan fingerprint density at radius 3 is 2.34 bits per heavy atom. The summed E-state index contributed by atoms with van der Waals surface area (Å²) in [7, 11) is -2.96. The second-order valence-electron chi connectivity index (χ2n) is 9.57. The van der Waals surface area contributed by atoms with E-state index in [-0.39, 0.29) is 43.5 Å². The van der Waals surface area contributed by atoms with Gasteiger partial charge in [0.1, 0.15) is 27.6 Å². The Bertz CT molecular complexity index is 1400. The third kappa shape index (κ3) is 6.00. The number of carbonyl (C=O) groups excluding carboxylic acids is 3. The van der Waals surface area contributed by atoms with Crippen molar-refractivity contribution in [3.63, 3.8) is 0 Å². The molecule has 1 heterocycles. The zero-order chi connectivity index (χ0) is 28.6. The fourth-order valence-corrected chi connectivity index (χ4v) is 5.67. The Hall–Kier alpha value is -3.02. The van der Waals surface area contributed by atoms with E-state index in [1.165, 1.54) is 25.3 Å². The van der Waals surface area contributed by atoms with E-state index in [4.69, 9.17) is 42.1 Å². The first-order valence-electron chi connectivity index (χ1n) is 11.4. The van der Waals surface area contributed by atoms with Crippen LogP contribution in [0.5, 0.6) is 11.5 Å². The lowest BCUT2D eigenvalue weighted by Gasteiger charge is -2.20. The molecular weight excluding hydrogens is 561 g/mol. The summed E-state index contributed by atoms with van der Waals surface area (Å²) in [4.78, 5) is 37.7. The molecule has 0 N–H and O–H groups in total. The van der Waals surface area contributed by atoms with E-state index >= 15 is 0 Å². The summed E-state index contributed by atoms with van der Waals surface area (Å²) in [6.07, 6.45) is 0. The van der Waals surface area contributed by atoms with Crippen LogP contribution in [0.3, 0.4) is 0 Å². The first-order valence-corrected chi connectivity index (χ1v) is 13.6. The van der Waals surface area contributed by atoms with Gasteiger partial charge < -0.3 is 18.9 Å². The largest absolute Gasteiger partial charge is 0.497 e. The average Bonchev–Trinajstić information content (AvgIpc) is 3.00. The van der Waals surface area contributed by atoms with Gasteiger partial charge in [0.15, 0.2) is 13.3 Å². The third-order valence-corrected chi connectivity index (χ3v) is 7.73. The second kappa shape index (κ2) is 11.0. The number of hydrogen-bond acceptors (Lipinski definition) is 9. The van der Waals surface area contributed by atoms with Crippen molar-refractivity contribution in [3.8, 4) is 11.5 Å². The number of ether oxygens (including phenoxy) is 4. The fourth-order valence-electron chi connectivity index (χ4n) is 3.63. The molecule has 2 aromatic carbocycles. The molecule has 0 unspecified atom stereocenters. The minimum Gasteiger partial charge on any atom is -0.497 e. The Kier molecular flexibility index (Phi) is 8.55. The maximum atomic E-state index is 13.2. The van der Waals surface area contributed by atoms with Crippen LogP contribution in [0.4, 0.5) is 0 Å². The number of hydrogen-bond donors (Lipinski definition) is 0. The van der Waals surface area contributed by atoms with Gasteiger partial charge in [-0.2, -0.15) is 4.31 Å². The van der Waals surface area contributed by atoms with Crippen molar-refractivity contribution in [1.29, 1.82) is 0 Å². The van der Waals surface area contributed by atoms with Crippen LogP contribution in [-0.4, -0.2) is 56.6 Å². The summed E-state index contributed by atoms with van der Waals surface area (Å²) >= 11 is 12.4. The fraction of sp³-hybridized carbons (Fsp3) is 0.400. The molecule has 206 valence electrons. The number of methoxy groups -OCH3 is 1. The summed E-state index contributed by atoms with van der Waals surface area (Å²) in [6.45, 7) is 7.27. The standard InChI is InChI=1S/C25H27Cl2NO9S/c1-13(2)15-9-14(34-6)10-18-20(15)23(30)28(38(18,32)33)12-36-24(31)21-16(26)7-8-17(22(21)27)35-11-19(29)37-25(3,4)5/h7-10,13H,11-12H2,1-6H3. The molecule has 0 aromatic heterocycles. The molecule has 0 radical (unpaired) electrons. The summed E-state index contributed by atoms with van der Waals surface area (Å²) in [5, 5.41) is -0.382.